The van der Waals surface area contributed by atoms with Gasteiger partial charge in [0.2, 0.25) is 5.91 Å². The highest BCUT2D eigenvalue weighted by atomic mass is 16.1. The van der Waals surface area contributed by atoms with Gasteiger partial charge in [0.1, 0.15) is 6.54 Å². The third-order valence-electron chi connectivity index (χ3n) is 2.36. The van der Waals surface area contributed by atoms with Gasteiger partial charge in [0.25, 0.3) is 0 Å². The van der Waals surface area contributed by atoms with E-state index in [1.165, 1.54) is 0 Å². The number of rotatable bonds is 5. The summed E-state index contributed by atoms with van der Waals surface area (Å²) < 4.78 is 1.59. The number of nitrogens with zero attached hydrogens (tertiary/aromatic N) is 2. The van der Waals surface area contributed by atoms with E-state index in [0.717, 1.165) is 11.4 Å². The molecule has 2 aromatic rings. The summed E-state index contributed by atoms with van der Waals surface area (Å²) >= 11 is 0. The fourth-order valence-corrected chi connectivity index (χ4v) is 1.44. The van der Waals surface area contributed by atoms with Gasteiger partial charge in [0, 0.05) is 25.1 Å². The average Bonchev–Trinajstić information content (AvgIpc) is 2.97. The monoisotopic (exact) mass is 233 g/mol. The highest BCUT2D eigenvalue weighted by Gasteiger charge is 2.02. The largest absolute Gasteiger partial charge is 0.377 e. The molecule has 6 nitrogen and oxygen atoms in total. The van der Waals surface area contributed by atoms with Crippen molar-refractivity contribution in [2.75, 3.05) is 12.4 Å². The van der Waals surface area contributed by atoms with Crippen molar-refractivity contribution in [3.8, 4) is 0 Å². The smallest absolute Gasteiger partial charge is 0.241 e. The molecule has 0 atom stereocenters. The number of amides is 1. The minimum atomic E-state index is -0.0657. The van der Waals surface area contributed by atoms with Crippen molar-refractivity contribution in [1.29, 1.82) is 0 Å². The highest BCUT2D eigenvalue weighted by molar-refractivity contribution is 5.75. The molecule has 0 radical (unpaired) electrons. The number of carbonyl (C=O) groups is 1. The van der Waals surface area contributed by atoms with Crippen molar-refractivity contribution in [3.05, 3.63) is 36.4 Å². The van der Waals surface area contributed by atoms with Gasteiger partial charge in [-0.15, -0.1) is 0 Å². The van der Waals surface area contributed by atoms with Gasteiger partial charge >= 0.3 is 0 Å². The van der Waals surface area contributed by atoms with Crippen LogP contribution in [0.2, 0.25) is 0 Å². The maximum absolute atomic E-state index is 11.1. The Morgan fingerprint density at radius 1 is 1.59 bits per heavy atom. The molecule has 2 aromatic heterocycles. The molecule has 1 amide bonds. The van der Waals surface area contributed by atoms with E-state index in [1.54, 1.807) is 24.1 Å². The second-order valence-electron chi connectivity index (χ2n) is 3.65. The Balaban J connectivity index is 1.88. The SMILES string of the molecule is CNC(=O)Cn1cc(NCc2ccc[nH]2)cn1. The summed E-state index contributed by atoms with van der Waals surface area (Å²) in [7, 11) is 1.61. The van der Waals surface area contributed by atoms with E-state index in [0.29, 0.717) is 6.54 Å². The van der Waals surface area contributed by atoms with E-state index in [-0.39, 0.29) is 12.5 Å². The first kappa shape index (κ1) is 11.3. The van der Waals surface area contributed by atoms with Crippen LogP contribution in [0.25, 0.3) is 0 Å². The van der Waals surface area contributed by atoms with Gasteiger partial charge in [-0.05, 0) is 12.1 Å². The quantitative estimate of drug-likeness (QED) is 0.706. The summed E-state index contributed by atoms with van der Waals surface area (Å²) in [5.41, 5.74) is 1.99. The molecule has 0 unspecified atom stereocenters. The molecular formula is C11H15N5O. The van der Waals surface area contributed by atoms with Crippen LogP contribution in [-0.4, -0.2) is 27.7 Å². The van der Waals surface area contributed by atoms with Crippen molar-refractivity contribution in [1.82, 2.24) is 20.1 Å². The fourth-order valence-electron chi connectivity index (χ4n) is 1.44. The maximum Gasteiger partial charge on any atom is 0.241 e. The van der Waals surface area contributed by atoms with Crippen molar-refractivity contribution in [3.63, 3.8) is 0 Å². The van der Waals surface area contributed by atoms with Crippen LogP contribution in [0.3, 0.4) is 0 Å². The molecule has 0 fully saturated rings. The van der Waals surface area contributed by atoms with Crippen LogP contribution >= 0.6 is 0 Å². The maximum atomic E-state index is 11.1. The second kappa shape index (κ2) is 5.20. The minimum absolute atomic E-state index is 0.0657. The van der Waals surface area contributed by atoms with Gasteiger partial charge < -0.3 is 15.6 Å². The zero-order valence-electron chi connectivity index (χ0n) is 9.60. The summed E-state index contributed by atoms with van der Waals surface area (Å²) in [6.07, 6.45) is 5.39. The summed E-state index contributed by atoms with van der Waals surface area (Å²) in [5, 5.41) is 9.85. The number of likely N-dealkylation sites (N-methyl/N-ethyl adjacent to an activating group) is 1. The first-order valence-corrected chi connectivity index (χ1v) is 5.37. The molecule has 0 aromatic carbocycles. The molecule has 90 valence electrons. The number of nitrogens with one attached hydrogen (secondary N) is 3. The lowest BCUT2D eigenvalue weighted by molar-refractivity contribution is -0.121. The number of aromatic nitrogens is 3. The number of hydrogen-bond acceptors (Lipinski definition) is 3. The van der Waals surface area contributed by atoms with E-state index < -0.39 is 0 Å². The Morgan fingerprint density at radius 3 is 3.18 bits per heavy atom. The summed E-state index contributed by atoms with van der Waals surface area (Å²) in [5.74, 6) is -0.0657. The van der Waals surface area contributed by atoms with Gasteiger partial charge in [-0.2, -0.15) is 5.10 Å². The predicted octanol–water partition coefficient (Wildman–Crippen LogP) is 0.569. The molecule has 0 bridgehead atoms. The number of H-pyrrole nitrogens is 1. The molecule has 0 saturated heterocycles. The topological polar surface area (TPSA) is 74.7 Å². The van der Waals surface area contributed by atoms with Crippen LogP contribution in [0.15, 0.2) is 30.7 Å². The molecule has 6 heteroatoms. The van der Waals surface area contributed by atoms with Crippen molar-refractivity contribution in [2.24, 2.45) is 0 Å². The molecule has 3 N–H and O–H groups in total. The number of anilines is 1. The number of hydrogen-bond donors (Lipinski definition) is 3. The van der Waals surface area contributed by atoms with Crippen LogP contribution in [0.5, 0.6) is 0 Å². The van der Waals surface area contributed by atoms with Crippen LogP contribution in [-0.2, 0) is 17.9 Å². The van der Waals surface area contributed by atoms with Gasteiger partial charge in [-0.3, -0.25) is 9.48 Å². The van der Waals surface area contributed by atoms with Crippen LogP contribution in [0, 0.1) is 0 Å². The Kier molecular flexibility index (Phi) is 3.44. The Hall–Kier alpha value is -2.24. The standard InChI is InChI=1S/C11H15N5O/c1-12-11(17)8-16-7-10(6-15-16)14-5-9-3-2-4-13-9/h2-4,6-7,13-14H,5,8H2,1H3,(H,12,17). The lowest BCUT2D eigenvalue weighted by Crippen LogP contribution is -2.23. The molecule has 2 heterocycles. The van der Waals surface area contributed by atoms with Gasteiger partial charge in [0.05, 0.1) is 18.4 Å². The van der Waals surface area contributed by atoms with E-state index in [9.17, 15) is 4.79 Å². The Bertz CT molecular complexity index is 474. The van der Waals surface area contributed by atoms with Gasteiger partial charge in [0.15, 0.2) is 0 Å². The van der Waals surface area contributed by atoms with E-state index >= 15 is 0 Å². The van der Waals surface area contributed by atoms with Crippen LogP contribution in [0.1, 0.15) is 5.69 Å². The molecule has 0 aliphatic carbocycles. The second-order valence-corrected chi connectivity index (χ2v) is 3.65. The molecule has 0 spiro atoms. The third kappa shape index (κ3) is 3.10. The molecule has 2 rings (SSSR count). The van der Waals surface area contributed by atoms with Gasteiger partial charge in [-0.25, -0.2) is 0 Å². The Labute approximate surface area is 99.0 Å². The first-order valence-electron chi connectivity index (χ1n) is 5.37. The zero-order chi connectivity index (χ0) is 12.1. The third-order valence-corrected chi connectivity index (χ3v) is 2.36. The molecule has 0 saturated carbocycles. The van der Waals surface area contributed by atoms with E-state index in [1.807, 2.05) is 18.3 Å². The average molecular weight is 233 g/mol. The number of aromatic amines is 1. The first-order chi connectivity index (χ1) is 8.28. The van der Waals surface area contributed by atoms with Crippen LogP contribution < -0.4 is 10.6 Å². The number of carbonyl (C=O) groups excluding carboxylic acids is 1. The van der Waals surface area contributed by atoms with Crippen molar-refractivity contribution < 1.29 is 4.79 Å². The van der Waals surface area contributed by atoms with Gasteiger partial charge in [-0.1, -0.05) is 0 Å². The molecular weight excluding hydrogens is 218 g/mol. The van der Waals surface area contributed by atoms with E-state index in [4.69, 9.17) is 0 Å². The predicted molar refractivity (Wildman–Crippen MR) is 64.4 cm³/mol. The summed E-state index contributed by atoms with van der Waals surface area (Å²) in [6, 6.07) is 3.95. The van der Waals surface area contributed by atoms with Crippen molar-refractivity contribution >= 4 is 11.6 Å². The lowest BCUT2D eigenvalue weighted by Gasteiger charge is -2.01. The zero-order valence-corrected chi connectivity index (χ0v) is 9.60. The summed E-state index contributed by atoms with van der Waals surface area (Å²) in [6.45, 7) is 0.944. The van der Waals surface area contributed by atoms with Crippen LogP contribution in [0.4, 0.5) is 5.69 Å². The molecule has 0 aliphatic heterocycles. The highest BCUT2D eigenvalue weighted by Crippen LogP contribution is 2.06. The normalized spacial score (nSPS) is 10.2. The lowest BCUT2D eigenvalue weighted by atomic mass is 10.4. The van der Waals surface area contributed by atoms with Crippen molar-refractivity contribution in [2.45, 2.75) is 13.1 Å². The molecule has 17 heavy (non-hydrogen) atoms. The molecule has 0 aliphatic rings. The summed E-state index contributed by atoms with van der Waals surface area (Å²) in [4.78, 5) is 14.2. The Morgan fingerprint density at radius 2 is 2.47 bits per heavy atom. The van der Waals surface area contributed by atoms with E-state index in [2.05, 4.69) is 20.7 Å². The fraction of sp³-hybridized carbons (Fsp3) is 0.273. The minimum Gasteiger partial charge on any atom is -0.377 e.